The molecule has 0 radical (unpaired) electrons. The number of hydrogen-bond acceptors (Lipinski definition) is 4. The molecule has 1 aliphatic heterocycles. The molecule has 1 saturated heterocycles. The molecule has 2 aromatic rings. The van der Waals surface area contributed by atoms with Crippen LogP contribution in [0.25, 0.3) is 10.9 Å². The summed E-state index contributed by atoms with van der Waals surface area (Å²) in [6.07, 6.45) is 0. The van der Waals surface area contributed by atoms with E-state index in [2.05, 4.69) is 34.0 Å². The Morgan fingerprint density at radius 1 is 1.33 bits per heavy atom. The Kier molecular flexibility index (Phi) is 3.97. The molecule has 0 spiro atoms. The fourth-order valence-corrected chi connectivity index (χ4v) is 3.06. The Balaban J connectivity index is 1.94. The quantitative estimate of drug-likeness (QED) is 0.887. The minimum Gasteiger partial charge on any atom is -0.314 e. The van der Waals surface area contributed by atoms with Gasteiger partial charge in [-0.05, 0) is 32.0 Å². The van der Waals surface area contributed by atoms with Gasteiger partial charge in [-0.1, -0.05) is 11.6 Å². The van der Waals surface area contributed by atoms with E-state index in [1.54, 1.807) is 18.2 Å². The molecule has 1 aromatic carbocycles. The van der Waals surface area contributed by atoms with Crippen LogP contribution >= 0.6 is 11.6 Å². The second kappa shape index (κ2) is 5.75. The number of hydrogen-bond donors (Lipinski definition) is 2. The highest BCUT2D eigenvalue weighted by Gasteiger charge is 2.25. The van der Waals surface area contributed by atoms with Gasteiger partial charge in [-0.15, -0.1) is 0 Å². The molecule has 3 rings (SSSR count). The lowest BCUT2D eigenvalue weighted by atomic mass is 10.1. The van der Waals surface area contributed by atoms with Crippen molar-refractivity contribution < 1.29 is 0 Å². The summed E-state index contributed by atoms with van der Waals surface area (Å²) in [6.45, 7) is 6.93. The zero-order valence-electron chi connectivity index (χ0n) is 12.2. The van der Waals surface area contributed by atoms with Gasteiger partial charge in [0, 0.05) is 30.2 Å². The van der Waals surface area contributed by atoms with Gasteiger partial charge in [0.2, 0.25) is 0 Å². The normalized spacial score (nSPS) is 23.6. The fraction of sp³-hybridized carbons (Fsp3) is 0.467. The maximum Gasteiger partial charge on any atom is 0.258 e. The maximum absolute atomic E-state index is 12.2. The van der Waals surface area contributed by atoms with E-state index < -0.39 is 0 Å². The smallest absolute Gasteiger partial charge is 0.258 e. The van der Waals surface area contributed by atoms with Crippen LogP contribution in [0.1, 0.15) is 19.7 Å². The highest BCUT2D eigenvalue weighted by Crippen LogP contribution is 2.16. The number of piperazine rings is 1. The molecule has 2 N–H and O–H groups in total. The molecule has 0 saturated carbocycles. The molecule has 5 nitrogen and oxygen atoms in total. The lowest BCUT2D eigenvalue weighted by molar-refractivity contribution is 0.105. The predicted octanol–water partition coefficient (Wildman–Crippen LogP) is 1.76. The first-order valence-electron chi connectivity index (χ1n) is 7.19. The van der Waals surface area contributed by atoms with Crippen LogP contribution in [0.2, 0.25) is 5.02 Å². The van der Waals surface area contributed by atoms with E-state index in [0.717, 1.165) is 13.1 Å². The third kappa shape index (κ3) is 2.95. The van der Waals surface area contributed by atoms with E-state index >= 15 is 0 Å². The molecule has 0 amide bonds. The number of benzene rings is 1. The van der Waals surface area contributed by atoms with Crippen LogP contribution in [0.3, 0.4) is 0 Å². The number of nitrogens with zero attached hydrogens (tertiary/aromatic N) is 2. The zero-order valence-corrected chi connectivity index (χ0v) is 12.9. The first-order valence-corrected chi connectivity index (χ1v) is 7.57. The summed E-state index contributed by atoms with van der Waals surface area (Å²) in [7, 11) is 0. The number of halogens is 1. The van der Waals surface area contributed by atoms with Gasteiger partial charge < -0.3 is 10.3 Å². The monoisotopic (exact) mass is 306 g/mol. The second-order valence-electron chi connectivity index (χ2n) is 5.70. The molecule has 21 heavy (non-hydrogen) atoms. The molecule has 6 heteroatoms. The van der Waals surface area contributed by atoms with Crippen molar-refractivity contribution in [2.75, 3.05) is 13.1 Å². The maximum atomic E-state index is 12.2. The Morgan fingerprint density at radius 3 is 2.76 bits per heavy atom. The van der Waals surface area contributed by atoms with Crippen LogP contribution in [-0.4, -0.2) is 40.0 Å². The van der Waals surface area contributed by atoms with Crippen molar-refractivity contribution in [1.29, 1.82) is 0 Å². The molecule has 112 valence electrons. The van der Waals surface area contributed by atoms with Crippen LogP contribution < -0.4 is 10.9 Å². The number of nitrogens with one attached hydrogen (secondary N) is 2. The molecule has 2 atom stereocenters. The van der Waals surface area contributed by atoms with Gasteiger partial charge in [-0.2, -0.15) is 0 Å². The number of aromatic amines is 1. The standard InChI is InChI=1S/C15H19ClN4O/c1-9-6-17-7-10(2)20(9)8-14-18-13-4-3-11(16)5-12(13)15(21)19-14/h3-5,9-10,17H,6-8H2,1-2H3,(H,18,19,21). The molecule has 1 aromatic heterocycles. The minimum atomic E-state index is -0.132. The molecule has 0 aliphatic carbocycles. The average Bonchev–Trinajstić information content (AvgIpc) is 2.44. The summed E-state index contributed by atoms with van der Waals surface area (Å²) in [6, 6.07) is 6.04. The zero-order chi connectivity index (χ0) is 15.0. The summed E-state index contributed by atoms with van der Waals surface area (Å²) < 4.78 is 0. The predicted molar refractivity (Wildman–Crippen MR) is 84.7 cm³/mol. The Morgan fingerprint density at radius 2 is 2.05 bits per heavy atom. The van der Waals surface area contributed by atoms with Crippen molar-refractivity contribution in [2.45, 2.75) is 32.5 Å². The van der Waals surface area contributed by atoms with Crippen molar-refractivity contribution in [1.82, 2.24) is 20.2 Å². The molecule has 2 heterocycles. The van der Waals surface area contributed by atoms with E-state index in [0.29, 0.717) is 40.4 Å². The van der Waals surface area contributed by atoms with E-state index in [1.807, 2.05) is 0 Å². The fourth-order valence-electron chi connectivity index (χ4n) is 2.89. The first-order chi connectivity index (χ1) is 10.0. The van der Waals surface area contributed by atoms with Gasteiger partial charge >= 0.3 is 0 Å². The lowest BCUT2D eigenvalue weighted by Crippen LogP contribution is -2.54. The van der Waals surface area contributed by atoms with Crippen molar-refractivity contribution >= 4 is 22.5 Å². The number of H-pyrrole nitrogens is 1. The summed E-state index contributed by atoms with van der Waals surface area (Å²) in [4.78, 5) is 22.0. The average molecular weight is 307 g/mol. The largest absolute Gasteiger partial charge is 0.314 e. The van der Waals surface area contributed by atoms with Crippen molar-refractivity contribution in [3.63, 3.8) is 0 Å². The third-order valence-corrected chi connectivity index (χ3v) is 4.30. The Labute approximate surface area is 128 Å². The van der Waals surface area contributed by atoms with Crippen LogP contribution in [0.5, 0.6) is 0 Å². The van der Waals surface area contributed by atoms with Crippen LogP contribution in [-0.2, 0) is 6.54 Å². The molecule has 2 unspecified atom stereocenters. The van der Waals surface area contributed by atoms with Gasteiger partial charge in [0.15, 0.2) is 0 Å². The van der Waals surface area contributed by atoms with E-state index in [9.17, 15) is 4.79 Å². The molecule has 1 aliphatic rings. The van der Waals surface area contributed by atoms with Crippen molar-refractivity contribution in [2.24, 2.45) is 0 Å². The van der Waals surface area contributed by atoms with E-state index in [1.165, 1.54) is 0 Å². The topological polar surface area (TPSA) is 61.0 Å². The van der Waals surface area contributed by atoms with Crippen LogP contribution in [0.4, 0.5) is 0 Å². The summed E-state index contributed by atoms with van der Waals surface area (Å²) in [5.74, 6) is 0.704. The molecule has 0 bridgehead atoms. The molecular formula is C15H19ClN4O. The van der Waals surface area contributed by atoms with Gasteiger partial charge in [-0.25, -0.2) is 4.98 Å². The van der Waals surface area contributed by atoms with Crippen LogP contribution in [0.15, 0.2) is 23.0 Å². The van der Waals surface area contributed by atoms with Crippen molar-refractivity contribution in [3.05, 3.63) is 39.4 Å². The van der Waals surface area contributed by atoms with E-state index in [-0.39, 0.29) is 5.56 Å². The summed E-state index contributed by atoms with van der Waals surface area (Å²) >= 11 is 5.93. The van der Waals surface area contributed by atoms with E-state index in [4.69, 9.17) is 11.6 Å². The number of fused-ring (bicyclic) bond motifs is 1. The third-order valence-electron chi connectivity index (χ3n) is 4.06. The lowest BCUT2D eigenvalue weighted by Gasteiger charge is -2.39. The van der Waals surface area contributed by atoms with Gasteiger partial charge in [-0.3, -0.25) is 9.69 Å². The van der Waals surface area contributed by atoms with Gasteiger partial charge in [0.25, 0.3) is 5.56 Å². The van der Waals surface area contributed by atoms with Gasteiger partial charge in [0.05, 0.1) is 17.4 Å². The second-order valence-corrected chi connectivity index (χ2v) is 6.14. The number of aromatic nitrogens is 2. The van der Waals surface area contributed by atoms with Crippen LogP contribution in [0, 0.1) is 0 Å². The number of rotatable bonds is 2. The Hall–Kier alpha value is -1.43. The van der Waals surface area contributed by atoms with Crippen molar-refractivity contribution in [3.8, 4) is 0 Å². The first kappa shape index (κ1) is 14.5. The molecule has 1 fully saturated rings. The summed E-state index contributed by atoms with van der Waals surface area (Å²) in [5, 5.41) is 4.48. The van der Waals surface area contributed by atoms with Gasteiger partial charge in [0.1, 0.15) is 5.82 Å². The highest BCUT2D eigenvalue weighted by atomic mass is 35.5. The Bertz CT molecular complexity index is 704. The summed E-state index contributed by atoms with van der Waals surface area (Å²) in [5.41, 5.74) is 0.557. The SMILES string of the molecule is CC1CNCC(C)N1Cc1nc2ccc(Cl)cc2c(=O)[nH]1. The molecular weight excluding hydrogens is 288 g/mol. The minimum absolute atomic E-state index is 0.132. The highest BCUT2D eigenvalue weighted by molar-refractivity contribution is 6.31.